The maximum Gasteiger partial charge on any atom is 0.217 e. The molecule has 0 radical (unpaired) electrons. The fraction of sp³-hybridized carbons (Fsp3) is 0.167. The second kappa shape index (κ2) is 2.50. The molecule has 0 aliphatic rings. The van der Waals surface area contributed by atoms with Gasteiger partial charge in [-0.15, -0.1) is 0 Å². The lowest BCUT2D eigenvalue weighted by Crippen LogP contribution is -1.91. The Morgan fingerprint density at radius 1 is 1.50 bits per heavy atom. The van der Waals surface area contributed by atoms with Crippen molar-refractivity contribution in [1.82, 2.24) is 4.98 Å². The van der Waals surface area contributed by atoms with Crippen LogP contribution in [0.4, 0.5) is 8.78 Å². The fourth-order valence-electron chi connectivity index (χ4n) is 0.537. The molecule has 0 fully saturated rings. The van der Waals surface area contributed by atoms with Crippen molar-refractivity contribution in [3.8, 4) is 0 Å². The molecule has 0 bridgehead atoms. The van der Waals surface area contributed by atoms with Crippen molar-refractivity contribution in [2.75, 3.05) is 0 Å². The van der Waals surface area contributed by atoms with E-state index in [4.69, 9.17) is 11.6 Å². The van der Waals surface area contributed by atoms with Crippen LogP contribution < -0.4 is 0 Å². The number of nitrogens with zero attached hydrogens (tertiary/aromatic N) is 1. The molecule has 1 rings (SSSR count). The smallest absolute Gasteiger partial charge is 0.217 e. The van der Waals surface area contributed by atoms with Crippen LogP contribution in [-0.2, 0) is 0 Å². The van der Waals surface area contributed by atoms with Gasteiger partial charge in [0.2, 0.25) is 5.95 Å². The minimum atomic E-state index is -0.730. The Bertz CT molecular complexity index is 235. The lowest BCUT2D eigenvalue weighted by atomic mass is 10.3. The number of pyridine rings is 1. The van der Waals surface area contributed by atoms with Crippen LogP contribution in [0.15, 0.2) is 6.20 Å². The first-order chi connectivity index (χ1) is 4.63. The number of halogens is 3. The van der Waals surface area contributed by atoms with E-state index in [9.17, 15) is 8.78 Å². The first kappa shape index (κ1) is 7.41. The Kier molecular flexibility index (Phi) is 1.85. The van der Waals surface area contributed by atoms with Gasteiger partial charge in [-0.1, -0.05) is 11.6 Å². The van der Waals surface area contributed by atoms with Crippen LogP contribution in [0.3, 0.4) is 0 Å². The van der Waals surface area contributed by atoms with Crippen LogP contribution in [0.5, 0.6) is 0 Å². The summed E-state index contributed by atoms with van der Waals surface area (Å²) in [6.45, 7) is 1.37. The highest BCUT2D eigenvalue weighted by Gasteiger charge is 2.07. The van der Waals surface area contributed by atoms with E-state index in [1.165, 1.54) is 6.92 Å². The maximum atomic E-state index is 12.4. The van der Waals surface area contributed by atoms with Crippen molar-refractivity contribution in [2.24, 2.45) is 0 Å². The quantitative estimate of drug-likeness (QED) is 0.535. The highest BCUT2D eigenvalue weighted by Crippen LogP contribution is 2.19. The summed E-state index contributed by atoms with van der Waals surface area (Å²) in [4.78, 5) is 3.11. The summed E-state index contributed by atoms with van der Waals surface area (Å²) in [5.74, 6) is -1.42. The summed E-state index contributed by atoms with van der Waals surface area (Å²) < 4.78 is 24.8. The molecule has 0 atom stereocenters. The molecular weight excluding hydrogens is 160 g/mol. The second-order valence-electron chi connectivity index (χ2n) is 1.84. The van der Waals surface area contributed by atoms with Gasteiger partial charge in [0.25, 0.3) is 0 Å². The molecular formula is C6H4ClF2N. The van der Waals surface area contributed by atoms with Gasteiger partial charge in [-0.3, -0.25) is 0 Å². The van der Waals surface area contributed by atoms with E-state index < -0.39 is 11.8 Å². The molecule has 4 heteroatoms. The van der Waals surface area contributed by atoms with E-state index >= 15 is 0 Å². The van der Waals surface area contributed by atoms with Crippen LogP contribution in [-0.4, -0.2) is 4.98 Å². The Morgan fingerprint density at radius 3 is 2.60 bits per heavy atom. The SMILES string of the molecule is Cc1c(F)ncc(F)c1Cl. The van der Waals surface area contributed by atoms with Gasteiger partial charge in [0.1, 0.15) is 0 Å². The predicted octanol–water partition coefficient (Wildman–Crippen LogP) is 2.32. The number of hydrogen-bond acceptors (Lipinski definition) is 1. The third kappa shape index (κ3) is 1.09. The highest BCUT2D eigenvalue weighted by molar-refractivity contribution is 6.31. The van der Waals surface area contributed by atoms with Crippen molar-refractivity contribution < 1.29 is 8.78 Å². The van der Waals surface area contributed by atoms with Crippen molar-refractivity contribution in [3.63, 3.8) is 0 Å². The van der Waals surface area contributed by atoms with Gasteiger partial charge >= 0.3 is 0 Å². The molecule has 0 saturated heterocycles. The summed E-state index contributed by atoms with van der Waals surface area (Å²) in [6, 6.07) is 0. The lowest BCUT2D eigenvalue weighted by molar-refractivity contribution is 0.551. The maximum absolute atomic E-state index is 12.4. The normalized spacial score (nSPS) is 10.0. The highest BCUT2D eigenvalue weighted by atomic mass is 35.5. The Hall–Kier alpha value is -0.700. The molecule has 1 aromatic rings. The summed E-state index contributed by atoms with van der Waals surface area (Å²) in [5, 5.41) is -0.201. The van der Waals surface area contributed by atoms with Gasteiger partial charge in [-0.05, 0) is 6.92 Å². The number of hydrogen-bond donors (Lipinski definition) is 0. The first-order valence-corrected chi connectivity index (χ1v) is 2.97. The van der Waals surface area contributed by atoms with E-state index in [1.54, 1.807) is 0 Å². The van der Waals surface area contributed by atoms with Crippen LogP contribution in [0.2, 0.25) is 5.02 Å². The van der Waals surface area contributed by atoms with Crippen LogP contribution in [0.25, 0.3) is 0 Å². The standard InChI is InChI=1S/C6H4ClF2N/c1-3-5(7)4(8)2-10-6(3)9/h2H,1H3. The van der Waals surface area contributed by atoms with Gasteiger partial charge < -0.3 is 0 Å². The van der Waals surface area contributed by atoms with E-state index in [0.717, 1.165) is 6.20 Å². The van der Waals surface area contributed by atoms with E-state index in [1.807, 2.05) is 0 Å². The van der Waals surface area contributed by atoms with Gasteiger partial charge in [0.05, 0.1) is 11.2 Å². The molecule has 0 saturated carbocycles. The summed E-state index contributed by atoms with van der Waals surface area (Å²) in [7, 11) is 0. The lowest BCUT2D eigenvalue weighted by Gasteiger charge is -1.97. The van der Waals surface area contributed by atoms with Gasteiger partial charge in [0, 0.05) is 5.56 Å². The van der Waals surface area contributed by atoms with E-state index in [0.29, 0.717) is 0 Å². The van der Waals surface area contributed by atoms with Gasteiger partial charge in [-0.2, -0.15) is 4.39 Å². The summed E-state index contributed by atoms with van der Waals surface area (Å²) >= 11 is 5.33. The minimum absolute atomic E-state index is 0.0432. The van der Waals surface area contributed by atoms with Crippen molar-refractivity contribution >= 4 is 11.6 Å². The molecule has 1 aromatic heterocycles. The Morgan fingerprint density at radius 2 is 2.10 bits per heavy atom. The summed E-state index contributed by atoms with van der Waals surface area (Å²) in [6.07, 6.45) is 0.755. The van der Waals surface area contributed by atoms with Crippen molar-refractivity contribution in [1.29, 1.82) is 0 Å². The van der Waals surface area contributed by atoms with Crippen molar-refractivity contribution in [3.05, 3.63) is 28.5 Å². The molecule has 10 heavy (non-hydrogen) atoms. The third-order valence-corrected chi connectivity index (χ3v) is 1.60. The number of rotatable bonds is 0. The predicted molar refractivity (Wildman–Crippen MR) is 33.9 cm³/mol. The second-order valence-corrected chi connectivity index (χ2v) is 2.21. The molecule has 1 heterocycles. The average Bonchev–Trinajstić information content (AvgIpc) is 1.93. The van der Waals surface area contributed by atoms with E-state index in [-0.39, 0.29) is 10.6 Å². The molecule has 54 valence electrons. The zero-order chi connectivity index (χ0) is 7.72. The molecule has 0 aliphatic heterocycles. The molecule has 0 aromatic carbocycles. The monoisotopic (exact) mass is 163 g/mol. The molecule has 0 spiro atoms. The Balaban J connectivity index is 3.34. The third-order valence-electron chi connectivity index (χ3n) is 1.14. The Labute approximate surface area is 61.7 Å². The van der Waals surface area contributed by atoms with Crippen LogP contribution in [0.1, 0.15) is 5.56 Å². The minimum Gasteiger partial charge on any atom is -0.225 e. The zero-order valence-corrected chi connectivity index (χ0v) is 5.91. The molecule has 0 aliphatic carbocycles. The average molecular weight is 164 g/mol. The topological polar surface area (TPSA) is 12.9 Å². The molecule has 0 unspecified atom stereocenters. The van der Waals surface area contributed by atoms with Crippen LogP contribution >= 0.6 is 11.6 Å². The number of aromatic nitrogens is 1. The molecule has 1 nitrogen and oxygen atoms in total. The fourth-order valence-corrected chi connectivity index (χ4v) is 0.663. The van der Waals surface area contributed by atoms with Crippen LogP contribution in [0, 0.1) is 18.7 Å². The molecule has 0 N–H and O–H groups in total. The zero-order valence-electron chi connectivity index (χ0n) is 5.16. The molecule has 0 amide bonds. The van der Waals surface area contributed by atoms with Gasteiger partial charge in [-0.25, -0.2) is 9.37 Å². The largest absolute Gasteiger partial charge is 0.225 e. The first-order valence-electron chi connectivity index (χ1n) is 2.59. The van der Waals surface area contributed by atoms with E-state index in [2.05, 4.69) is 4.98 Å². The summed E-state index contributed by atoms with van der Waals surface area (Å²) in [5.41, 5.74) is 0.0432. The van der Waals surface area contributed by atoms with Crippen molar-refractivity contribution in [2.45, 2.75) is 6.92 Å². The van der Waals surface area contributed by atoms with Gasteiger partial charge in [0.15, 0.2) is 5.82 Å².